The fourth-order valence-electron chi connectivity index (χ4n) is 8.54. The summed E-state index contributed by atoms with van der Waals surface area (Å²) in [5.41, 5.74) is 11.3. The Hall–Kier alpha value is -7.83. The fourth-order valence-corrected chi connectivity index (χ4v) is 8.54. The van der Waals surface area contributed by atoms with Gasteiger partial charge >= 0.3 is 0 Å². The van der Waals surface area contributed by atoms with Gasteiger partial charge in [0.25, 0.3) is 0 Å². The summed E-state index contributed by atoms with van der Waals surface area (Å²) in [6.07, 6.45) is 0. The number of aromatic nitrogens is 5. The highest BCUT2D eigenvalue weighted by Crippen LogP contribution is 2.41. The third-order valence-electron chi connectivity index (χ3n) is 11.2. The van der Waals surface area contributed by atoms with Crippen LogP contribution in [0.3, 0.4) is 0 Å². The van der Waals surface area contributed by atoms with Crippen LogP contribution >= 0.6 is 0 Å². The molecule has 12 aromatic rings. The molecule has 0 spiro atoms. The number of benzene rings is 8. The molecule has 0 atom stereocenters. The molecule has 0 aliphatic rings. The molecule has 4 aromatic heterocycles. The minimum atomic E-state index is 0.630. The Morgan fingerprint density at radius 2 is 0.754 bits per heavy atom. The molecule has 8 aromatic carbocycles. The first-order valence-corrected chi connectivity index (χ1v) is 19.1. The van der Waals surface area contributed by atoms with Crippen LogP contribution in [0.4, 0.5) is 0 Å². The van der Waals surface area contributed by atoms with Gasteiger partial charge < -0.3 is 13.6 Å². The molecule has 0 bridgehead atoms. The lowest BCUT2D eigenvalue weighted by Gasteiger charge is -2.11. The summed E-state index contributed by atoms with van der Waals surface area (Å²) >= 11 is 0. The van der Waals surface area contributed by atoms with Crippen LogP contribution in [0.1, 0.15) is 0 Å². The minimum absolute atomic E-state index is 0.630. The molecule has 0 radical (unpaired) electrons. The molecule has 0 fully saturated rings. The van der Waals surface area contributed by atoms with Crippen molar-refractivity contribution in [2.75, 3.05) is 0 Å². The Morgan fingerprint density at radius 3 is 1.35 bits per heavy atom. The number of fused-ring (bicyclic) bond motifs is 9. The molecule has 0 aliphatic carbocycles. The van der Waals surface area contributed by atoms with E-state index in [0.717, 1.165) is 72.1 Å². The summed E-state index contributed by atoms with van der Waals surface area (Å²) in [6, 6.07) is 65.7. The van der Waals surface area contributed by atoms with Gasteiger partial charge in [-0.25, -0.2) is 15.0 Å². The number of hydrogen-bond donors (Lipinski definition) is 0. The number of nitrogens with zero attached hydrogens (tertiary/aromatic N) is 5. The van der Waals surface area contributed by atoms with Gasteiger partial charge in [-0.05, 0) is 72.8 Å². The highest BCUT2D eigenvalue weighted by atomic mass is 16.3. The van der Waals surface area contributed by atoms with E-state index in [1.54, 1.807) is 0 Å². The van der Waals surface area contributed by atoms with Gasteiger partial charge in [0.15, 0.2) is 17.5 Å². The zero-order valence-corrected chi connectivity index (χ0v) is 30.5. The average Bonchev–Trinajstić information content (AvgIpc) is 3.93. The second-order valence-corrected chi connectivity index (χ2v) is 14.5. The number of furan rings is 1. The van der Waals surface area contributed by atoms with Gasteiger partial charge in [-0.15, -0.1) is 0 Å². The van der Waals surface area contributed by atoms with Crippen LogP contribution < -0.4 is 0 Å². The molecule has 6 nitrogen and oxygen atoms in total. The lowest BCUT2D eigenvalue weighted by Crippen LogP contribution is -2.00. The van der Waals surface area contributed by atoms with Crippen molar-refractivity contribution in [2.24, 2.45) is 0 Å². The van der Waals surface area contributed by atoms with E-state index >= 15 is 0 Å². The highest BCUT2D eigenvalue weighted by Gasteiger charge is 2.20. The Balaban J connectivity index is 1.05. The number of para-hydroxylation sites is 3. The predicted octanol–water partition coefficient (Wildman–Crippen LogP) is 13.0. The summed E-state index contributed by atoms with van der Waals surface area (Å²) < 4.78 is 11.0. The summed E-state index contributed by atoms with van der Waals surface area (Å²) in [4.78, 5) is 14.8. The fraction of sp³-hybridized carbons (Fsp3) is 0. The van der Waals surface area contributed by atoms with Crippen LogP contribution in [0.5, 0.6) is 0 Å². The summed E-state index contributed by atoms with van der Waals surface area (Å²) in [7, 11) is 0. The smallest absolute Gasteiger partial charge is 0.164 e. The van der Waals surface area contributed by atoms with Crippen molar-refractivity contribution >= 4 is 65.6 Å². The van der Waals surface area contributed by atoms with Gasteiger partial charge in [0.05, 0.1) is 22.1 Å². The van der Waals surface area contributed by atoms with Crippen molar-refractivity contribution in [1.82, 2.24) is 24.1 Å². The van der Waals surface area contributed by atoms with Crippen LogP contribution in [-0.2, 0) is 0 Å². The van der Waals surface area contributed by atoms with Gasteiger partial charge in [0, 0.05) is 60.4 Å². The van der Waals surface area contributed by atoms with E-state index in [1.165, 1.54) is 21.5 Å². The summed E-state index contributed by atoms with van der Waals surface area (Å²) in [5, 5.41) is 7.07. The van der Waals surface area contributed by atoms with E-state index in [4.69, 9.17) is 19.4 Å². The van der Waals surface area contributed by atoms with Gasteiger partial charge in [-0.1, -0.05) is 115 Å². The average molecular weight is 730 g/mol. The number of hydrogen-bond acceptors (Lipinski definition) is 4. The first kappa shape index (κ1) is 31.5. The lowest BCUT2D eigenvalue weighted by atomic mass is 10.1. The largest absolute Gasteiger partial charge is 0.456 e. The van der Waals surface area contributed by atoms with E-state index in [2.05, 4.69) is 124 Å². The zero-order valence-electron chi connectivity index (χ0n) is 30.5. The molecule has 12 rings (SSSR count). The van der Waals surface area contributed by atoms with Crippen LogP contribution in [0.15, 0.2) is 192 Å². The van der Waals surface area contributed by atoms with Gasteiger partial charge in [0.2, 0.25) is 0 Å². The second-order valence-electron chi connectivity index (χ2n) is 14.5. The van der Waals surface area contributed by atoms with Crippen LogP contribution in [0, 0.1) is 0 Å². The van der Waals surface area contributed by atoms with Crippen molar-refractivity contribution in [2.45, 2.75) is 0 Å². The molecule has 0 saturated heterocycles. The minimum Gasteiger partial charge on any atom is -0.456 e. The van der Waals surface area contributed by atoms with Crippen LogP contribution in [0.25, 0.3) is 111 Å². The number of rotatable bonds is 5. The van der Waals surface area contributed by atoms with Crippen molar-refractivity contribution in [1.29, 1.82) is 0 Å². The molecule has 0 N–H and O–H groups in total. The summed E-state index contributed by atoms with van der Waals surface area (Å²) in [5.74, 6) is 1.92. The molecular formula is C51H31N5O. The van der Waals surface area contributed by atoms with Gasteiger partial charge in [0.1, 0.15) is 11.2 Å². The SMILES string of the molecule is c1ccc(-c2nc(-c3ccccc3)nc(-c3ccc(-n4c5ccccc5c5cc6c7ccccc7n(-c7ccc8oc9ccccc9c8c7)c6cc54)cc3)n2)cc1. The van der Waals surface area contributed by atoms with Crippen molar-refractivity contribution in [3.8, 4) is 45.5 Å². The van der Waals surface area contributed by atoms with Gasteiger partial charge in [-0.2, -0.15) is 0 Å². The predicted molar refractivity (Wildman–Crippen MR) is 232 cm³/mol. The normalized spacial score (nSPS) is 11.9. The molecular weight excluding hydrogens is 699 g/mol. The molecule has 6 heteroatoms. The Morgan fingerprint density at radius 1 is 0.298 bits per heavy atom. The van der Waals surface area contributed by atoms with Crippen molar-refractivity contribution in [3.05, 3.63) is 188 Å². The van der Waals surface area contributed by atoms with Gasteiger partial charge in [-0.3, -0.25) is 0 Å². The van der Waals surface area contributed by atoms with E-state index in [0.29, 0.717) is 17.5 Å². The van der Waals surface area contributed by atoms with E-state index in [9.17, 15) is 0 Å². The van der Waals surface area contributed by atoms with Crippen LogP contribution in [0.2, 0.25) is 0 Å². The molecule has 4 heterocycles. The lowest BCUT2D eigenvalue weighted by molar-refractivity contribution is 0.669. The second kappa shape index (κ2) is 12.3. The molecule has 0 unspecified atom stereocenters. The molecule has 0 aliphatic heterocycles. The maximum absolute atomic E-state index is 6.22. The Bertz CT molecular complexity index is 3450. The maximum Gasteiger partial charge on any atom is 0.164 e. The van der Waals surface area contributed by atoms with E-state index < -0.39 is 0 Å². The first-order chi connectivity index (χ1) is 28.2. The highest BCUT2D eigenvalue weighted by molar-refractivity contribution is 6.19. The van der Waals surface area contributed by atoms with Crippen molar-refractivity contribution in [3.63, 3.8) is 0 Å². The Labute approximate surface area is 326 Å². The molecule has 266 valence electrons. The quantitative estimate of drug-likeness (QED) is 0.177. The molecule has 0 amide bonds. The van der Waals surface area contributed by atoms with Crippen LogP contribution in [-0.4, -0.2) is 24.1 Å². The standard InChI is InChI=1S/C51H31N5O/c1-3-13-32(14-4-1)49-52-50(33-15-5-2-6-16-33)54-51(53-49)34-23-25-35(26-24-34)55-43-20-10-7-17-37(43)40-30-41-38-18-8-11-21-44(38)56(46(41)31-45(40)55)36-27-28-48-42(29-36)39-19-9-12-22-47(39)57-48/h1-31H. The third kappa shape index (κ3) is 4.94. The topological polar surface area (TPSA) is 61.7 Å². The monoisotopic (exact) mass is 729 g/mol. The van der Waals surface area contributed by atoms with E-state index in [1.807, 2.05) is 72.8 Å². The molecule has 0 saturated carbocycles. The Kier molecular flexibility index (Phi) is 6.83. The zero-order chi connectivity index (χ0) is 37.5. The third-order valence-corrected chi connectivity index (χ3v) is 11.2. The van der Waals surface area contributed by atoms with Crippen molar-refractivity contribution < 1.29 is 4.42 Å². The van der Waals surface area contributed by atoms with E-state index in [-0.39, 0.29) is 0 Å². The summed E-state index contributed by atoms with van der Waals surface area (Å²) in [6.45, 7) is 0. The first-order valence-electron chi connectivity index (χ1n) is 19.1. The maximum atomic E-state index is 6.22. The molecule has 57 heavy (non-hydrogen) atoms.